The van der Waals surface area contributed by atoms with Gasteiger partial charge in [0.2, 0.25) is 5.91 Å². The monoisotopic (exact) mass is 294 g/mol. The predicted octanol–water partition coefficient (Wildman–Crippen LogP) is 3.01. The molecule has 0 saturated carbocycles. The van der Waals surface area contributed by atoms with Crippen molar-refractivity contribution in [1.82, 2.24) is 10.6 Å². The summed E-state index contributed by atoms with van der Waals surface area (Å²) in [5, 5.41) is 5.11. The number of rotatable bonds is 8. The van der Waals surface area contributed by atoms with Gasteiger partial charge in [0.05, 0.1) is 0 Å². The van der Waals surface area contributed by atoms with Crippen molar-refractivity contribution in [2.24, 2.45) is 5.41 Å². The van der Waals surface area contributed by atoms with Gasteiger partial charge in [0.25, 0.3) is 0 Å². The van der Waals surface area contributed by atoms with E-state index in [2.05, 4.69) is 17.6 Å². The maximum atomic E-state index is 13.1. The van der Waals surface area contributed by atoms with E-state index in [1.165, 1.54) is 6.42 Å². The first-order valence-corrected chi connectivity index (χ1v) is 7.50. The van der Waals surface area contributed by atoms with E-state index in [1.54, 1.807) is 0 Å². The van der Waals surface area contributed by atoms with E-state index >= 15 is 0 Å². The molecule has 1 aliphatic heterocycles. The van der Waals surface area contributed by atoms with Crippen LogP contribution in [0.2, 0.25) is 0 Å². The van der Waals surface area contributed by atoms with Crippen LogP contribution < -0.4 is 10.6 Å². The zero-order valence-electron chi connectivity index (χ0n) is 12.1. The highest BCUT2D eigenvalue weighted by atomic mass is 19.4. The number of halogens is 3. The molecule has 1 saturated heterocycles. The lowest BCUT2D eigenvalue weighted by Gasteiger charge is -2.29. The highest BCUT2D eigenvalue weighted by Gasteiger charge is 2.61. The van der Waals surface area contributed by atoms with Crippen LogP contribution in [0.3, 0.4) is 0 Å². The van der Waals surface area contributed by atoms with Crippen LogP contribution in [-0.2, 0) is 4.79 Å². The summed E-state index contributed by atoms with van der Waals surface area (Å²) >= 11 is 0. The lowest BCUT2D eigenvalue weighted by Crippen LogP contribution is -2.52. The molecule has 3 nitrogen and oxygen atoms in total. The van der Waals surface area contributed by atoms with Gasteiger partial charge in [0.1, 0.15) is 0 Å². The molecule has 0 aromatic carbocycles. The van der Waals surface area contributed by atoms with Crippen molar-refractivity contribution in [3.63, 3.8) is 0 Å². The van der Waals surface area contributed by atoms with E-state index in [0.29, 0.717) is 6.54 Å². The molecule has 0 aromatic heterocycles. The molecular weight excluding hydrogens is 269 g/mol. The molecule has 1 atom stereocenters. The topological polar surface area (TPSA) is 41.1 Å². The lowest BCUT2D eigenvalue weighted by atomic mass is 9.85. The summed E-state index contributed by atoms with van der Waals surface area (Å²) in [6, 6.07) is 0. The SMILES string of the molecule is CCCCCCCCNC(=O)C1(C(F)(F)F)CCNC1. The van der Waals surface area contributed by atoms with E-state index in [4.69, 9.17) is 0 Å². The van der Waals surface area contributed by atoms with Gasteiger partial charge >= 0.3 is 6.18 Å². The molecule has 1 rings (SSSR count). The third-order valence-corrected chi connectivity index (χ3v) is 3.95. The minimum Gasteiger partial charge on any atom is -0.355 e. The molecular formula is C14H25F3N2O. The minimum absolute atomic E-state index is 0.168. The van der Waals surface area contributed by atoms with Gasteiger partial charge in [0.15, 0.2) is 5.41 Å². The van der Waals surface area contributed by atoms with E-state index in [0.717, 1.165) is 32.1 Å². The van der Waals surface area contributed by atoms with E-state index in [1.807, 2.05) is 0 Å². The molecule has 1 aliphatic rings. The maximum absolute atomic E-state index is 13.1. The van der Waals surface area contributed by atoms with Gasteiger partial charge < -0.3 is 10.6 Å². The number of unbranched alkanes of at least 4 members (excludes halogenated alkanes) is 5. The Morgan fingerprint density at radius 2 is 1.85 bits per heavy atom. The van der Waals surface area contributed by atoms with Crippen LogP contribution >= 0.6 is 0 Å². The van der Waals surface area contributed by atoms with Crippen molar-refractivity contribution in [2.45, 2.75) is 58.0 Å². The van der Waals surface area contributed by atoms with Crippen LogP contribution in [0.1, 0.15) is 51.9 Å². The van der Waals surface area contributed by atoms with Crippen molar-refractivity contribution in [3.8, 4) is 0 Å². The zero-order chi connectivity index (χ0) is 15.1. The highest BCUT2D eigenvalue weighted by Crippen LogP contribution is 2.43. The normalized spacial score (nSPS) is 23.0. The highest BCUT2D eigenvalue weighted by molar-refractivity contribution is 5.84. The standard InChI is InChI=1S/C14H25F3N2O/c1-2-3-4-5-6-7-9-19-12(20)13(14(15,16)17)8-10-18-11-13/h18H,2-11H2,1H3,(H,19,20). The fourth-order valence-corrected chi connectivity index (χ4v) is 2.53. The average molecular weight is 294 g/mol. The van der Waals surface area contributed by atoms with Crippen LogP contribution in [0.5, 0.6) is 0 Å². The second-order valence-corrected chi connectivity index (χ2v) is 5.53. The Bertz CT molecular complexity index is 299. The molecule has 0 radical (unpaired) electrons. The molecule has 20 heavy (non-hydrogen) atoms. The summed E-state index contributed by atoms with van der Waals surface area (Å²) < 4.78 is 39.2. The van der Waals surface area contributed by atoms with Crippen LogP contribution in [0.4, 0.5) is 13.2 Å². The van der Waals surface area contributed by atoms with Gasteiger partial charge in [-0.2, -0.15) is 13.2 Å². The van der Waals surface area contributed by atoms with Gasteiger partial charge in [-0.05, 0) is 19.4 Å². The Kier molecular flexibility index (Phi) is 6.79. The molecule has 1 heterocycles. The number of alkyl halides is 3. The fraction of sp³-hybridized carbons (Fsp3) is 0.929. The summed E-state index contributed by atoms with van der Waals surface area (Å²) in [5.74, 6) is -0.872. The third kappa shape index (κ3) is 4.36. The van der Waals surface area contributed by atoms with E-state index in [9.17, 15) is 18.0 Å². The van der Waals surface area contributed by atoms with Gasteiger partial charge in [-0.15, -0.1) is 0 Å². The van der Waals surface area contributed by atoms with Crippen molar-refractivity contribution in [2.75, 3.05) is 19.6 Å². The lowest BCUT2D eigenvalue weighted by molar-refractivity contribution is -0.216. The first kappa shape index (κ1) is 17.3. The molecule has 1 unspecified atom stereocenters. The summed E-state index contributed by atoms with van der Waals surface area (Å²) in [7, 11) is 0. The van der Waals surface area contributed by atoms with Crippen LogP contribution in [0, 0.1) is 5.41 Å². The quantitative estimate of drug-likeness (QED) is 0.676. The largest absolute Gasteiger partial charge is 0.404 e. The average Bonchev–Trinajstić information content (AvgIpc) is 2.87. The number of carbonyl (C=O) groups is 1. The Balaban J connectivity index is 2.30. The summed E-state index contributed by atoms with van der Waals surface area (Å²) in [6.45, 7) is 2.40. The molecule has 0 aromatic rings. The summed E-state index contributed by atoms with van der Waals surface area (Å²) in [6.07, 6.45) is 1.64. The molecule has 0 spiro atoms. The number of amides is 1. The third-order valence-electron chi connectivity index (χ3n) is 3.95. The molecule has 2 N–H and O–H groups in total. The van der Waals surface area contributed by atoms with Crippen LogP contribution in [-0.4, -0.2) is 31.7 Å². The zero-order valence-corrected chi connectivity index (χ0v) is 12.1. The first-order valence-electron chi connectivity index (χ1n) is 7.50. The van der Waals surface area contributed by atoms with Crippen molar-refractivity contribution < 1.29 is 18.0 Å². The number of hydrogen-bond acceptors (Lipinski definition) is 2. The van der Waals surface area contributed by atoms with E-state index < -0.39 is 17.5 Å². The van der Waals surface area contributed by atoms with Crippen molar-refractivity contribution >= 4 is 5.91 Å². The molecule has 1 amide bonds. The maximum Gasteiger partial charge on any atom is 0.404 e. The van der Waals surface area contributed by atoms with Crippen LogP contribution in [0.15, 0.2) is 0 Å². The summed E-state index contributed by atoms with van der Waals surface area (Å²) in [4.78, 5) is 11.9. The molecule has 0 aliphatic carbocycles. The van der Waals surface area contributed by atoms with Gasteiger partial charge in [-0.3, -0.25) is 4.79 Å². The Labute approximate surface area is 118 Å². The van der Waals surface area contributed by atoms with Gasteiger partial charge in [-0.25, -0.2) is 0 Å². The Morgan fingerprint density at radius 1 is 1.20 bits per heavy atom. The predicted molar refractivity (Wildman–Crippen MR) is 72.4 cm³/mol. The smallest absolute Gasteiger partial charge is 0.355 e. The molecule has 6 heteroatoms. The van der Waals surface area contributed by atoms with Gasteiger partial charge in [-0.1, -0.05) is 39.0 Å². The Hall–Kier alpha value is -0.780. The van der Waals surface area contributed by atoms with Crippen molar-refractivity contribution in [1.29, 1.82) is 0 Å². The summed E-state index contributed by atoms with van der Waals surface area (Å²) in [5.41, 5.74) is -2.23. The van der Waals surface area contributed by atoms with E-state index in [-0.39, 0.29) is 19.5 Å². The second kappa shape index (κ2) is 7.86. The van der Waals surface area contributed by atoms with Crippen molar-refractivity contribution in [3.05, 3.63) is 0 Å². The molecule has 118 valence electrons. The second-order valence-electron chi connectivity index (χ2n) is 5.53. The first-order chi connectivity index (χ1) is 9.44. The van der Waals surface area contributed by atoms with Crippen LogP contribution in [0.25, 0.3) is 0 Å². The molecule has 0 bridgehead atoms. The van der Waals surface area contributed by atoms with Gasteiger partial charge in [0, 0.05) is 13.1 Å². The number of nitrogens with one attached hydrogen (secondary N) is 2. The Morgan fingerprint density at radius 3 is 2.40 bits per heavy atom. The molecule has 1 fully saturated rings. The number of carbonyl (C=O) groups excluding carboxylic acids is 1. The number of hydrogen-bond donors (Lipinski definition) is 2. The minimum atomic E-state index is -4.48. The fourth-order valence-electron chi connectivity index (χ4n) is 2.53.